The molecular formula is C20H11ClF7N5O3S. The van der Waals surface area contributed by atoms with Crippen LogP contribution in [0, 0.1) is 0 Å². The van der Waals surface area contributed by atoms with Gasteiger partial charge in [0.15, 0.2) is 0 Å². The summed E-state index contributed by atoms with van der Waals surface area (Å²) in [6.45, 7) is -1.06. The molecule has 4 aromatic heterocycles. The Balaban J connectivity index is 1.83. The molecule has 0 aliphatic heterocycles. The molecule has 0 bridgehead atoms. The summed E-state index contributed by atoms with van der Waals surface area (Å²) >= 11 is 6.01. The van der Waals surface area contributed by atoms with E-state index >= 15 is 0 Å². The Hall–Kier alpha value is -3.66. The van der Waals surface area contributed by atoms with Crippen molar-refractivity contribution in [1.29, 1.82) is 0 Å². The summed E-state index contributed by atoms with van der Waals surface area (Å²) < 4.78 is 98.9. The first-order valence-electron chi connectivity index (χ1n) is 9.80. The van der Waals surface area contributed by atoms with Gasteiger partial charge in [-0.25, -0.2) is 22.5 Å². The lowest BCUT2D eigenvalue weighted by Gasteiger charge is -2.12. The molecule has 0 radical (unpaired) electrons. The molecule has 0 atom stereocenters. The molecule has 4 aromatic rings. The van der Waals surface area contributed by atoms with Crippen LogP contribution in [-0.4, -0.2) is 26.6 Å². The first-order chi connectivity index (χ1) is 17.3. The van der Waals surface area contributed by atoms with Gasteiger partial charge in [-0.05, 0) is 18.2 Å². The number of rotatable bonds is 7. The number of primary amides is 1. The lowest BCUT2D eigenvalue weighted by molar-refractivity contribution is -0.140. The van der Waals surface area contributed by atoms with Crippen LogP contribution in [0.25, 0.3) is 21.5 Å². The van der Waals surface area contributed by atoms with E-state index in [4.69, 9.17) is 21.8 Å². The van der Waals surface area contributed by atoms with Crippen LogP contribution < -0.4 is 11.1 Å². The van der Waals surface area contributed by atoms with Gasteiger partial charge >= 0.3 is 6.18 Å². The Morgan fingerprint density at radius 1 is 1.22 bits per heavy atom. The molecule has 4 rings (SSSR count). The SMILES string of the molecule is NC(=O)c1sc2nc(C(F)(F)F)cc(-c3ccco3)c2c1NC(=O)Cn1nc(C(F)F)c(Cl)c1C(F)F. The molecule has 0 aromatic carbocycles. The minimum Gasteiger partial charge on any atom is -0.464 e. The highest BCUT2D eigenvalue weighted by Gasteiger charge is 2.36. The van der Waals surface area contributed by atoms with E-state index in [9.17, 15) is 40.3 Å². The van der Waals surface area contributed by atoms with E-state index in [-0.39, 0.29) is 31.9 Å². The van der Waals surface area contributed by atoms with Crippen molar-refractivity contribution in [2.75, 3.05) is 5.32 Å². The number of thiophene rings is 1. The number of nitrogens with zero attached hydrogens (tertiary/aromatic N) is 3. The van der Waals surface area contributed by atoms with Gasteiger partial charge in [0.1, 0.15) is 39.1 Å². The smallest absolute Gasteiger partial charge is 0.433 e. The van der Waals surface area contributed by atoms with Gasteiger partial charge in [0.05, 0.1) is 17.0 Å². The van der Waals surface area contributed by atoms with Crippen LogP contribution in [-0.2, 0) is 17.5 Å². The van der Waals surface area contributed by atoms with Gasteiger partial charge in [-0.3, -0.25) is 14.3 Å². The van der Waals surface area contributed by atoms with Crippen LogP contribution in [0.5, 0.6) is 0 Å². The predicted octanol–water partition coefficient (Wildman–Crippen LogP) is 6.04. The van der Waals surface area contributed by atoms with Crippen molar-refractivity contribution in [1.82, 2.24) is 14.8 Å². The van der Waals surface area contributed by atoms with E-state index < -0.39 is 64.4 Å². The number of anilines is 1. The standard InChI is InChI=1S/C20H11ClF7N5O3S/c21-11-13(16(22)23)32-33(14(11)17(24)25)5-9(34)31-12-10-6(7-2-1-3-36-7)4-8(20(26,27)28)30-19(10)37-15(12)18(29)35/h1-4,16-17H,5H2,(H2,29,35)(H,31,34). The van der Waals surface area contributed by atoms with Gasteiger partial charge in [-0.1, -0.05) is 11.6 Å². The molecule has 0 saturated heterocycles. The molecule has 3 N–H and O–H groups in total. The lowest BCUT2D eigenvalue weighted by atomic mass is 10.1. The zero-order chi connectivity index (χ0) is 27.2. The lowest BCUT2D eigenvalue weighted by Crippen LogP contribution is -2.23. The van der Waals surface area contributed by atoms with Crippen molar-refractivity contribution in [2.24, 2.45) is 5.73 Å². The van der Waals surface area contributed by atoms with Crippen LogP contribution in [0.3, 0.4) is 0 Å². The molecule has 17 heteroatoms. The number of hydrogen-bond acceptors (Lipinski definition) is 6. The average Bonchev–Trinajstić information content (AvgIpc) is 3.50. The zero-order valence-corrected chi connectivity index (χ0v) is 19.3. The maximum atomic E-state index is 13.5. The van der Waals surface area contributed by atoms with Gasteiger partial charge in [0.25, 0.3) is 18.8 Å². The Kier molecular flexibility index (Phi) is 6.89. The Bertz CT molecular complexity index is 1500. The summed E-state index contributed by atoms with van der Waals surface area (Å²) in [6.07, 6.45) is -10.4. The van der Waals surface area contributed by atoms with Crippen LogP contribution in [0.15, 0.2) is 28.9 Å². The van der Waals surface area contributed by atoms with E-state index in [1.807, 2.05) is 0 Å². The maximum Gasteiger partial charge on any atom is 0.433 e. The number of aromatic nitrogens is 3. The number of fused-ring (bicyclic) bond motifs is 1. The van der Waals surface area contributed by atoms with Crippen LogP contribution in [0.1, 0.15) is 39.6 Å². The fourth-order valence-electron chi connectivity index (χ4n) is 3.42. The second-order valence-corrected chi connectivity index (χ2v) is 8.65. The van der Waals surface area contributed by atoms with E-state index in [2.05, 4.69) is 15.4 Å². The molecule has 0 saturated carbocycles. The number of furan rings is 1. The Labute approximate surface area is 209 Å². The molecule has 0 aliphatic rings. The summed E-state index contributed by atoms with van der Waals surface area (Å²) in [4.78, 5) is 27.6. The first-order valence-corrected chi connectivity index (χ1v) is 11.0. The van der Waals surface area contributed by atoms with Gasteiger partial charge in [0.2, 0.25) is 5.91 Å². The van der Waals surface area contributed by atoms with E-state index in [1.54, 1.807) is 0 Å². The minimum atomic E-state index is -4.89. The van der Waals surface area contributed by atoms with Crippen LogP contribution in [0.4, 0.5) is 36.4 Å². The zero-order valence-electron chi connectivity index (χ0n) is 17.7. The highest BCUT2D eigenvalue weighted by atomic mass is 35.5. The van der Waals surface area contributed by atoms with Crippen molar-refractivity contribution in [2.45, 2.75) is 25.6 Å². The summed E-state index contributed by atoms with van der Waals surface area (Å²) in [5, 5.41) is 4.30. The summed E-state index contributed by atoms with van der Waals surface area (Å²) in [5.74, 6) is -2.38. The minimum absolute atomic E-state index is 0.0809. The van der Waals surface area contributed by atoms with Crippen LogP contribution >= 0.6 is 22.9 Å². The molecule has 8 nitrogen and oxygen atoms in total. The molecule has 37 heavy (non-hydrogen) atoms. The number of nitrogens with two attached hydrogens (primary N) is 1. The number of pyridine rings is 1. The molecule has 4 heterocycles. The number of hydrogen-bond donors (Lipinski definition) is 2. The van der Waals surface area contributed by atoms with E-state index in [0.717, 1.165) is 0 Å². The van der Waals surface area contributed by atoms with Gasteiger partial charge in [-0.2, -0.15) is 18.3 Å². The second-order valence-electron chi connectivity index (χ2n) is 7.27. The topological polar surface area (TPSA) is 116 Å². The molecule has 0 unspecified atom stereocenters. The summed E-state index contributed by atoms with van der Waals surface area (Å²) in [7, 11) is 0. The average molecular weight is 570 g/mol. The molecule has 196 valence electrons. The Morgan fingerprint density at radius 2 is 1.92 bits per heavy atom. The third kappa shape index (κ3) is 4.98. The largest absolute Gasteiger partial charge is 0.464 e. The molecule has 0 fully saturated rings. The molecule has 2 amide bonds. The highest BCUT2D eigenvalue weighted by molar-refractivity contribution is 7.21. The number of carbonyl (C=O) groups excluding carboxylic acids is 2. The van der Waals surface area contributed by atoms with Gasteiger partial charge in [-0.15, -0.1) is 11.3 Å². The normalized spacial score (nSPS) is 12.2. The number of alkyl halides is 7. The number of nitrogens with one attached hydrogen (secondary N) is 1. The van der Waals surface area contributed by atoms with Crippen molar-refractivity contribution >= 4 is 50.7 Å². The number of halogens is 8. The third-order valence-electron chi connectivity index (χ3n) is 4.89. The van der Waals surface area contributed by atoms with Crippen LogP contribution in [0.2, 0.25) is 5.02 Å². The summed E-state index contributed by atoms with van der Waals surface area (Å²) in [6, 6.07) is 3.32. The van der Waals surface area contributed by atoms with Crippen molar-refractivity contribution < 1.29 is 44.7 Å². The fraction of sp³-hybridized carbons (Fsp3) is 0.200. The van der Waals surface area contributed by atoms with E-state index in [1.165, 1.54) is 18.4 Å². The predicted molar refractivity (Wildman–Crippen MR) is 117 cm³/mol. The quantitative estimate of drug-likeness (QED) is 0.263. The first kappa shape index (κ1) is 26.4. The molecular weight excluding hydrogens is 559 g/mol. The number of amides is 2. The highest BCUT2D eigenvalue weighted by Crippen LogP contribution is 2.44. The van der Waals surface area contributed by atoms with Crippen molar-refractivity contribution in [3.63, 3.8) is 0 Å². The van der Waals surface area contributed by atoms with Crippen molar-refractivity contribution in [3.8, 4) is 11.3 Å². The fourth-order valence-corrected chi connectivity index (χ4v) is 4.73. The monoisotopic (exact) mass is 569 g/mol. The molecule has 0 spiro atoms. The molecule has 0 aliphatic carbocycles. The third-order valence-corrected chi connectivity index (χ3v) is 6.38. The second kappa shape index (κ2) is 9.66. The Morgan fingerprint density at radius 3 is 2.46 bits per heavy atom. The summed E-state index contributed by atoms with van der Waals surface area (Å²) in [5.41, 5.74) is 1.11. The number of carbonyl (C=O) groups is 2. The van der Waals surface area contributed by atoms with Gasteiger partial charge in [0, 0.05) is 10.9 Å². The van der Waals surface area contributed by atoms with E-state index in [0.29, 0.717) is 17.4 Å². The maximum absolute atomic E-state index is 13.5. The van der Waals surface area contributed by atoms with Crippen molar-refractivity contribution in [3.05, 3.63) is 51.4 Å². The van der Waals surface area contributed by atoms with Gasteiger partial charge < -0.3 is 15.5 Å².